The van der Waals surface area contributed by atoms with Crippen molar-refractivity contribution in [2.75, 3.05) is 26.1 Å². The van der Waals surface area contributed by atoms with Crippen LogP contribution in [0.15, 0.2) is 42.5 Å². The van der Waals surface area contributed by atoms with E-state index in [1.54, 1.807) is 19.2 Å². The Morgan fingerprint density at radius 3 is 2.55 bits per heavy atom. The van der Waals surface area contributed by atoms with Crippen molar-refractivity contribution in [1.29, 1.82) is 0 Å². The van der Waals surface area contributed by atoms with Crippen molar-refractivity contribution >= 4 is 28.6 Å². The van der Waals surface area contributed by atoms with Crippen molar-refractivity contribution in [2.45, 2.75) is 26.3 Å². The van der Waals surface area contributed by atoms with Gasteiger partial charge in [0.15, 0.2) is 11.5 Å². The van der Waals surface area contributed by atoms with Gasteiger partial charge in [0.2, 0.25) is 5.91 Å². The number of carbonyl (C=O) groups excluding carboxylic acids is 1. The Hall–Kier alpha value is -2.57. The minimum absolute atomic E-state index is 0.0483. The first kappa shape index (κ1) is 26.7. The molecule has 0 aromatic heterocycles. The third kappa shape index (κ3) is 9.44. The van der Waals surface area contributed by atoms with E-state index in [0.29, 0.717) is 29.5 Å². The number of hydrogen-bond acceptors (Lipinski definition) is 6. The van der Waals surface area contributed by atoms with Gasteiger partial charge in [-0.2, -0.15) is 0 Å². The van der Waals surface area contributed by atoms with Crippen LogP contribution in [0.2, 0.25) is 5.02 Å². The van der Waals surface area contributed by atoms with Gasteiger partial charge in [-0.05, 0) is 65.4 Å². The van der Waals surface area contributed by atoms with E-state index in [2.05, 4.69) is 22.5 Å². The van der Waals surface area contributed by atoms with Crippen LogP contribution in [-0.4, -0.2) is 46.8 Å². The van der Waals surface area contributed by atoms with Crippen LogP contribution < -0.4 is 20.1 Å². The van der Waals surface area contributed by atoms with E-state index in [-0.39, 0.29) is 24.3 Å². The highest BCUT2D eigenvalue weighted by atomic mass is 35.5. The molecule has 0 saturated heterocycles. The van der Waals surface area contributed by atoms with Gasteiger partial charge in [-0.25, -0.2) is 0 Å². The van der Waals surface area contributed by atoms with E-state index in [0.717, 1.165) is 11.1 Å². The molecule has 2 rings (SSSR count). The second kappa shape index (κ2) is 13.9. The lowest BCUT2D eigenvalue weighted by molar-refractivity contribution is -0.124. The maximum absolute atomic E-state index is 12.4. The summed E-state index contributed by atoms with van der Waals surface area (Å²) in [4.78, 5) is 12.4. The Labute approximate surface area is 202 Å². The van der Waals surface area contributed by atoms with Crippen LogP contribution in [-0.2, 0) is 22.3 Å². The van der Waals surface area contributed by atoms with E-state index in [9.17, 15) is 13.6 Å². The molecule has 7 nitrogen and oxygen atoms in total. The Kier molecular flexibility index (Phi) is 11.2. The fraction of sp³-hybridized carbons (Fsp3) is 0.375. The van der Waals surface area contributed by atoms with Crippen molar-refractivity contribution in [3.63, 3.8) is 0 Å². The normalized spacial score (nSPS) is 12.4. The van der Waals surface area contributed by atoms with Gasteiger partial charge < -0.3 is 19.3 Å². The fourth-order valence-corrected chi connectivity index (χ4v) is 3.44. The molecule has 2 atom stereocenters. The average molecular weight is 492 g/mol. The molecule has 1 unspecified atom stereocenters. The van der Waals surface area contributed by atoms with E-state index < -0.39 is 17.1 Å². The first-order valence-electron chi connectivity index (χ1n) is 10.4. The highest BCUT2D eigenvalue weighted by molar-refractivity contribution is 7.79. The van der Waals surface area contributed by atoms with Gasteiger partial charge >= 0.3 is 0 Å². The topological polar surface area (TPSA) is 99.7 Å². The summed E-state index contributed by atoms with van der Waals surface area (Å²) >= 11 is 3.61. The molecule has 1 amide bonds. The summed E-state index contributed by atoms with van der Waals surface area (Å²) in [5.74, 6) is 6.57. The lowest BCUT2D eigenvalue weighted by atomic mass is 10.0. The third-order valence-electron chi connectivity index (χ3n) is 4.69. The lowest BCUT2D eigenvalue weighted by Gasteiger charge is -2.22. The molecule has 2 aromatic rings. The molecule has 0 aliphatic heterocycles. The fourth-order valence-electron chi connectivity index (χ4n) is 3.00. The number of halogens is 1. The zero-order chi connectivity index (χ0) is 24.2. The number of methoxy groups -OCH3 is 1. The molecular formula is C24H28ClN2O5S-. The average Bonchev–Trinajstić information content (AvgIpc) is 2.78. The molecule has 178 valence electrons. The van der Waals surface area contributed by atoms with Crippen molar-refractivity contribution in [2.24, 2.45) is 5.92 Å². The van der Waals surface area contributed by atoms with E-state index in [1.165, 1.54) is 0 Å². The first-order valence-corrected chi connectivity index (χ1v) is 12.0. The summed E-state index contributed by atoms with van der Waals surface area (Å²) < 4.78 is 32.7. The third-order valence-corrected chi connectivity index (χ3v) is 5.34. The Balaban J connectivity index is 1.87. The molecule has 9 heteroatoms. The molecule has 0 saturated carbocycles. The number of hydrogen-bond donors (Lipinski definition) is 2. The van der Waals surface area contributed by atoms with Crippen LogP contribution in [0.4, 0.5) is 0 Å². The Morgan fingerprint density at radius 1 is 1.18 bits per heavy atom. The van der Waals surface area contributed by atoms with Crippen LogP contribution in [0.3, 0.4) is 0 Å². The van der Waals surface area contributed by atoms with Crippen LogP contribution in [0, 0.1) is 17.8 Å². The van der Waals surface area contributed by atoms with E-state index in [1.807, 2.05) is 44.2 Å². The molecule has 0 radical (unpaired) electrons. The number of carbonyl (C=O) groups is 1. The number of ether oxygens (including phenoxy) is 2. The van der Waals surface area contributed by atoms with Crippen LogP contribution in [0.25, 0.3) is 0 Å². The number of amides is 1. The first-order chi connectivity index (χ1) is 15.8. The summed E-state index contributed by atoms with van der Waals surface area (Å²) in [6, 6.07) is 12.2. The zero-order valence-electron chi connectivity index (χ0n) is 18.9. The smallest absolute Gasteiger partial charge is 0.237 e. The van der Waals surface area contributed by atoms with Crippen molar-refractivity contribution in [1.82, 2.24) is 10.6 Å². The SMILES string of the molecule is COc1cc(CCNC(=O)[C@@H](NCS(=O)[O-])C(C)C)ccc1OCC#Cc1ccc(Cl)cc1. The highest BCUT2D eigenvalue weighted by Crippen LogP contribution is 2.28. The molecular weight excluding hydrogens is 464 g/mol. The molecule has 0 aliphatic carbocycles. The monoisotopic (exact) mass is 491 g/mol. The van der Waals surface area contributed by atoms with Gasteiger partial charge in [-0.3, -0.25) is 14.3 Å². The molecule has 0 bridgehead atoms. The van der Waals surface area contributed by atoms with Gasteiger partial charge in [-0.1, -0.05) is 43.4 Å². The highest BCUT2D eigenvalue weighted by Gasteiger charge is 2.21. The number of nitrogens with one attached hydrogen (secondary N) is 2. The molecule has 0 fully saturated rings. The van der Waals surface area contributed by atoms with Gasteiger partial charge in [0.1, 0.15) is 6.61 Å². The second-order valence-electron chi connectivity index (χ2n) is 7.50. The molecule has 2 N–H and O–H groups in total. The molecule has 2 aromatic carbocycles. The molecule has 0 aliphatic rings. The predicted octanol–water partition coefficient (Wildman–Crippen LogP) is 2.89. The molecule has 0 spiro atoms. The molecule has 0 heterocycles. The summed E-state index contributed by atoms with van der Waals surface area (Å²) in [5, 5.41) is 6.26. The van der Waals surface area contributed by atoms with Crippen LogP contribution in [0.1, 0.15) is 25.0 Å². The second-order valence-corrected chi connectivity index (χ2v) is 8.83. The summed E-state index contributed by atoms with van der Waals surface area (Å²) in [6.45, 7) is 4.31. The van der Waals surface area contributed by atoms with Crippen molar-refractivity contribution < 1.29 is 23.0 Å². The zero-order valence-corrected chi connectivity index (χ0v) is 20.4. The largest absolute Gasteiger partial charge is 0.771 e. The van der Waals surface area contributed by atoms with Gasteiger partial charge in [0.25, 0.3) is 0 Å². The summed E-state index contributed by atoms with van der Waals surface area (Å²) in [7, 11) is 1.56. The lowest BCUT2D eigenvalue weighted by Crippen LogP contribution is -2.48. The van der Waals surface area contributed by atoms with Crippen molar-refractivity contribution in [3.05, 3.63) is 58.6 Å². The molecule has 33 heavy (non-hydrogen) atoms. The van der Waals surface area contributed by atoms with E-state index in [4.69, 9.17) is 21.1 Å². The summed E-state index contributed by atoms with van der Waals surface area (Å²) in [5.41, 5.74) is 1.81. The predicted molar refractivity (Wildman–Crippen MR) is 129 cm³/mol. The van der Waals surface area contributed by atoms with Crippen molar-refractivity contribution in [3.8, 4) is 23.3 Å². The van der Waals surface area contributed by atoms with E-state index >= 15 is 0 Å². The number of benzene rings is 2. The minimum Gasteiger partial charge on any atom is -0.771 e. The standard InChI is InChI=1S/C24H29ClN2O5S/c1-17(2)23(27-16-33(29)30)24(28)26-13-12-19-8-11-21(22(15-19)31-3)32-14-4-5-18-6-9-20(25)10-7-18/h6-11,15,17,23,27H,12-14,16H2,1-3H3,(H,26,28)(H,29,30)/p-1/t23-/m0/s1. The quantitative estimate of drug-likeness (QED) is 0.370. The van der Waals surface area contributed by atoms with Crippen LogP contribution in [0.5, 0.6) is 11.5 Å². The maximum atomic E-state index is 12.4. The Bertz CT molecular complexity index is 1000. The van der Waals surface area contributed by atoms with Gasteiger partial charge in [0.05, 0.1) is 19.0 Å². The van der Waals surface area contributed by atoms with Gasteiger partial charge in [-0.15, -0.1) is 0 Å². The number of rotatable bonds is 11. The Morgan fingerprint density at radius 2 is 1.91 bits per heavy atom. The maximum Gasteiger partial charge on any atom is 0.237 e. The van der Waals surface area contributed by atoms with Crippen LogP contribution >= 0.6 is 11.6 Å². The minimum atomic E-state index is -2.25. The summed E-state index contributed by atoms with van der Waals surface area (Å²) in [6.07, 6.45) is 0.580. The van der Waals surface area contributed by atoms with Gasteiger partial charge in [0, 0.05) is 17.1 Å².